The summed E-state index contributed by atoms with van der Waals surface area (Å²) < 4.78 is 15.5. The zero-order valence-electron chi connectivity index (χ0n) is 14.8. The summed E-state index contributed by atoms with van der Waals surface area (Å²) in [5.41, 5.74) is 0.445. The molecule has 1 saturated heterocycles. The van der Waals surface area contributed by atoms with Gasteiger partial charge in [0, 0.05) is 31.5 Å². The number of benzene rings is 1. The molecular formula is C18H22FN5O2. The fourth-order valence-corrected chi connectivity index (χ4v) is 3.10. The number of urea groups is 1. The SMILES string of the molecule is CC(C)n1ccnc1CNC(=O)N1CCNC(=O)[C@@H]1c1cccc(F)c1. The zero-order valence-corrected chi connectivity index (χ0v) is 14.8. The molecule has 26 heavy (non-hydrogen) atoms. The van der Waals surface area contributed by atoms with Crippen molar-refractivity contribution in [3.05, 3.63) is 53.9 Å². The van der Waals surface area contributed by atoms with Gasteiger partial charge in [0.25, 0.3) is 0 Å². The van der Waals surface area contributed by atoms with Crippen molar-refractivity contribution in [1.82, 2.24) is 25.1 Å². The van der Waals surface area contributed by atoms with Crippen molar-refractivity contribution in [2.75, 3.05) is 13.1 Å². The van der Waals surface area contributed by atoms with Gasteiger partial charge in [-0.05, 0) is 31.5 Å². The number of halogens is 1. The summed E-state index contributed by atoms with van der Waals surface area (Å²) in [4.78, 5) is 30.7. The van der Waals surface area contributed by atoms with E-state index in [4.69, 9.17) is 0 Å². The van der Waals surface area contributed by atoms with Crippen LogP contribution in [0.1, 0.15) is 37.3 Å². The lowest BCUT2D eigenvalue weighted by molar-refractivity contribution is -0.127. The molecule has 1 aliphatic heterocycles. The second-order valence-corrected chi connectivity index (χ2v) is 6.45. The van der Waals surface area contributed by atoms with Crippen molar-refractivity contribution in [3.63, 3.8) is 0 Å². The maximum Gasteiger partial charge on any atom is 0.318 e. The van der Waals surface area contributed by atoms with Gasteiger partial charge in [-0.15, -0.1) is 0 Å². The van der Waals surface area contributed by atoms with Gasteiger partial charge in [0.15, 0.2) is 0 Å². The minimum atomic E-state index is -0.857. The van der Waals surface area contributed by atoms with Crippen molar-refractivity contribution in [2.45, 2.75) is 32.5 Å². The van der Waals surface area contributed by atoms with E-state index in [0.29, 0.717) is 18.7 Å². The summed E-state index contributed by atoms with van der Waals surface area (Å²) >= 11 is 0. The Labute approximate surface area is 151 Å². The second-order valence-electron chi connectivity index (χ2n) is 6.45. The Balaban J connectivity index is 1.75. The van der Waals surface area contributed by atoms with E-state index in [-0.39, 0.29) is 24.5 Å². The van der Waals surface area contributed by atoms with Crippen LogP contribution in [-0.2, 0) is 11.3 Å². The second kappa shape index (κ2) is 7.55. The van der Waals surface area contributed by atoms with Crippen molar-refractivity contribution in [2.24, 2.45) is 0 Å². The molecule has 0 saturated carbocycles. The van der Waals surface area contributed by atoms with Gasteiger partial charge >= 0.3 is 6.03 Å². The van der Waals surface area contributed by atoms with Gasteiger partial charge in [-0.25, -0.2) is 14.2 Å². The molecule has 0 radical (unpaired) electrons. The van der Waals surface area contributed by atoms with Crippen LogP contribution in [0.2, 0.25) is 0 Å². The minimum Gasteiger partial charge on any atom is -0.352 e. The van der Waals surface area contributed by atoms with Crippen LogP contribution in [0.15, 0.2) is 36.7 Å². The molecule has 1 aromatic carbocycles. The Morgan fingerprint density at radius 3 is 3.00 bits per heavy atom. The van der Waals surface area contributed by atoms with Crippen molar-refractivity contribution in [3.8, 4) is 0 Å². The number of hydrogen-bond donors (Lipinski definition) is 2. The molecule has 1 fully saturated rings. The predicted molar refractivity (Wildman–Crippen MR) is 93.7 cm³/mol. The van der Waals surface area contributed by atoms with E-state index >= 15 is 0 Å². The Morgan fingerprint density at radius 1 is 1.46 bits per heavy atom. The molecule has 7 nitrogen and oxygen atoms in total. The number of aromatic nitrogens is 2. The van der Waals surface area contributed by atoms with Gasteiger partial charge in [0.2, 0.25) is 5.91 Å². The highest BCUT2D eigenvalue weighted by atomic mass is 19.1. The summed E-state index contributed by atoms with van der Waals surface area (Å²) in [6.07, 6.45) is 3.54. The molecular weight excluding hydrogens is 337 g/mol. The van der Waals surface area contributed by atoms with Crippen LogP contribution in [0, 0.1) is 5.82 Å². The van der Waals surface area contributed by atoms with Crippen LogP contribution in [0.5, 0.6) is 0 Å². The number of rotatable bonds is 4. The summed E-state index contributed by atoms with van der Waals surface area (Å²) in [5, 5.41) is 5.54. The highest BCUT2D eigenvalue weighted by molar-refractivity contribution is 5.89. The first-order valence-electron chi connectivity index (χ1n) is 8.56. The molecule has 0 bridgehead atoms. The molecule has 1 aliphatic rings. The van der Waals surface area contributed by atoms with Gasteiger partial charge in [-0.2, -0.15) is 0 Å². The number of imidazole rings is 1. The van der Waals surface area contributed by atoms with Crippen molar-refractivity contribution >= 4 is 11.9 Å². The first-order chi connectivity index (χ1) is 12.5. The van der Waals surface area contributed by atoms with E-state index < -0.39 is 11.9 Å². The van der Waals surface area contributed by atoms with Gasteiger partial charge in [0.05, 0.1) is 6.54 Å². The van der Waals surface area contributed by atoms with Crippen LogP contribution in [0.3, 0.4) is 0 Å². The number of carbonyl (C=O) groups excluding carboxylic acids is 2. The highest BCUT2D eigenvalue weighted by Gasteiger charge is 2.34. The third-order valence-corrected chi connectivity index (χ3v) is 4.34. The van der Waals surface area contributed by atoms with Gasteiger partial charge < -0.3 is 20.1 Å². The smallest absolute Gasteiger partial charge is 0.318 e. The molecule has 2 heterocycles. The molecule has 0 spiro atoms. The average Bonchev–Trinajstić information content (AvgIpc) is 3.08. The number of piperazine rings is 1. The zero-order chi connectivity index (χ0) is 18.7. The minimum absolute atomic E-state index is 0.227. The first-order valence-corrected chi connectivity index (χ1v) is 8.56. The molecule has 1 atom stereocenters. The van der Waals surface area contributed by atoms with Gasteiger partial charge in [0.1, 0.15) is 17.7 Å². The lowest BCUT2D eigenvalue weighted by Gasteiger charge is -2.35. The van der Waals surface area contributed by atoms with E-state index in [1.165, 1.54) is 23.1 Å². The molecule has 2 aromatic rings. The topological polar surface area (TPSA) is 79.3 Å². The third-order valence-electron chi connectivity index (χ3n) is 4.34. The van der Waals surface area contributed by atoms with E-state index in [9.17, 15) is 14.0 Å². The Hall–Kier alpha value is -2.90. The Morgan fingerprint density at radius 2 is 2.27 bits per heavy atom. The van der Waals surface area contributed by atoms with Gasteiger partial charge in [-0.3, -0.25) is 4.79 Å². The van der Waals surface area contributed by atoms with Crippen LogP contribution >= 0.6 is 0 Å². The Kier molecular flexibility index (Phi) is 5.20. The largest absolute Gasteiger partial charge is 0.352 e. The normalized spacial score (nSPS) is 17.3. The number of carbonyl (C=O) groups is 2. The first kappa shape index (κ1) is 17.9. The lowest BCUT2D eigenvalue weighted by atomic mass is 10.0. The predicted octanol–water partition coefficient (Wildman–Crippen LogP) is 1.99. The van der Waals surface area contributed by atoms with E-state index in [2.05, 4.69) is 15.6 Å². The maximum atomic E-state index is 13.6. The number of amides is 3. The monoisotopic (exact) mass is 359 g/mol. The summed E-state index contributed by atoms with van der Waals surface area (Å²) in [6.45, 7) is 5.01. The van der Waals surface area contributed by atoms with Crippen molar-refractivity contribution in [1.29, 1.82) is 0 Å². The number of nitrogens with zero attached hydrogens (tertiary/aromatic N) is 3. The number of nitrogens with one attached hydrogen (secondary N) is 2. The quantitative estimate of drug-likeness (QED) is 0.876. The number of hydrogen-bond acceptors (Lipinski definition) is 3. The molecule has 0 aliphatic carbocycles. The standard InChI is InChI=1S/C18H22FN5O2/c1-12(2)23-8-6-20-15(23)11-22-18(26)24-9-7-21-17(25)16(24)13-4-3-5-14(19)10-13/h3-6,8,10,12,16H,7,9,11H2,1-2H3,(H,21,25)(H,22,26)/t16-/m0/s1. The molecule has 1 aromatic heterocycles. The molecule has 8 heteroatoms. The van der Waals surface area contributed by atoms with Crippen LogP contribution in [0.4, 0.5) is 9.18 Å². The molecule has 2 N–H and O–H groups in total. The Bertz CT molecular complexity index is 804. The van der Waals surface area contributed by atoms with Gasteiger partial charge in [-0.1, -0.05) is 12.1 Å². The molecule has 3 rings (SSSR count). The lowest BCUT2D eigenvalue weighted by Crippen LogP contribution is -2.54. The molecule has 138 valence electrons. The van der Waals surface area contributed by atoms with Crippen LogP contribution < -0.4 is 10.6 Å². The fraction of sp³-hybridized carbons (Fsp3) is 0.389. The van der Waals surface area contributed by atoms with E-state index in [1.54, 1.807) is 12.3 Å². The highest BCUT2D eigenvalue weighted by Crippen LogP contribution is 2.24. The van der Waals surface area contributed by atoms with Crippen molar-refractivity contribution < 1.29 is 14.0 Å². The third kappa shape index (κ3) is 3.68. The van der Waals surface area contributed by atoms with Crippen LogP contribution in [0.25, 0.3) is 0 Å². The average molecular weight is 359 g/mol. The summed E-state index contributed by atoms with van der Waals surface area (Å²) in [6, 6.07) is 4.75. The van der Waals surface area contributed by atoms with E-state index in [0.717, 1.165) is 5.82 Å². The molecule has 0 unspecified atom stereocenters. The maximum absolute atomic E-state index is 13.6. The van der Waals surface area contributed by atoms with Crippen LogP contribution in [-0.4, -0.2) is 39.5 Å². The summed E-state index contributed by atoms with van der Waals surface area (Å²) in [5.74, 6) is -0.0296. The van der Waals surface area contributed by atoms with E-state index in [1.807, 2.05) is 24.6 Å². The summed E-state index contributed by atoms with van der Waals surface area (Å²) in [7, 11) is 0. The molecule has 3 amide bonds. The fourth-order valence-electron chi connectivity index (χ4n) is 3.10.